The summed E-state index contributed by atoms with van der Waals surface area (Å²) in [5.41, 5.74) is 3.99. The van der Waals surface area contributed by atoms with E-state index in [0.717, 1.165) is 40.8 Å². The van der Waals surface area contributed by atoms with Crippen LogP contribution in [0.5, 0.6) is 0 Å². The molecule has 0 radical (unpaired) electrons. The lowest BCUT2D eigenvalue weighted by Gasteiger charge is -2.14. The highest BCUT2D eigenvalue weighted by atomic mass is 19.1. The van der Waals surface area contributed by atoms with Crippen molar-refractivity contribution >= 4 is 22.9 Å². The molecule has 9 heteroatoms. The number of imidazole rings is 1. The number of aliphatic hydroxyl groups is 1. The Morgan fingerprint density at radius 2 is 1.94 bits per heavy atom. The number of pyridine rings is 1. The first-order valence-electron chi connectivity index (χ1n) is 11.8. The zero-order valence-corrected chi connectivity index (χ0v) is 18.9. The van der Waals surface area contributed by atoms with Gasteiger partial charge in [-0.05, 0) is 43.0 Å². The van der Waals surface area contributed by atoms with Crippen molar-refractivity contribution in [3.8, 4) is 11.3 Å². The number of hydrogen-bond donors (Lipinski definition) is 3. The first kappa shape index (κ1) is 22.2. The van der Waals surface area contributed by atoms with Crippen molar-refractivity contribution in [1.82, 2.24) is 24.5 Å². The average molecular weight is 462 g/mol. The lowest BCUT2D eigenvalue weighted by molar-refractivity contribution is 0.292. The maximum absolute atomic E-state index is 13.5. The van der Waals surface area contributed by atoms with E-state index < -0.39 is 0 Å². The van der Waals surface area contributed by atoms with Crippen LogP contribution in [0, 0.1) is 5.82 Å². The molecule has 3 aromatic heterocycles. The summed E-state index contributed by atoms with van der Waals surface area (Å²) in [5.74, 6) is 0.892. The molecule has 0 spiro atoms. The van der Waals surface area contributed by atoms with Gasteiger partial charge in [-0.2, -0.15) is 9.97 Å². The molecule has 0 amide bonds. The van der Waals surface area contributed by atoms with Gasteiger partial charge in [0.05, 0.1) is 12.0 Å². The lowest BCUT2D eigenvalue weighted by atomic mass is 10.1. The van der Waals surface area contributed by atoms with E-state index in [2.05, 4.69) is 30.2 Å². The van der Waals surface area contributed by atoms with E-state index in [9.17, 15) is 4.39 Å². The highest BCUT2D eigenvalue weighted by molar-refractivity contribution is 5.84. The van der Waals surface area contributed by atoms with Crippen LogP contribution in [0.15, 0.2) is 48.9 Å². The molecule has 1 aromatic carbocycles. The summed E-state index contributed by atoms with van der Waals surface area (Å²) in [6.45, 7) is 1.21. The van der Waals surface area contributed by atoms with E-state index in [4.69, 9.17) is 10.1 Å². The largest absolute Gasteiger partial charge is 0.396 e. The Hall–Kier alpha value is -3.59. The highest BCUT2D eigenvalue weighted by Gasteiger charge is 2.21. The van der Waals surface area contributed by atoms with E-state index in [1.165, 1.54) is 25.0 Å². The molecule has 176 valence electrons. The molecule has 1 aliphatic rings. The van der Waals surface area contributed by atoms with E-state index in [0.29, 0.717) is 37.3 Å². The lowest BCUT2D eigenvalue weighted by Crippen LogP contribution is -2.11. The fraction of sp³-hybridized carbons (Fsp3) is 0.360. The number of aromatic nitrogens is 5. The number of nitrogens with zero attached hydrogens (tertiary/aromatic N) is 5. The normalized spacial score (nSPS) is 14.1. The van der Waals surface area contributed by atoms with Crippen molar-refractivity contribution in [2.45, 2.75) is 44.7 Å². The third kappa shape index (κ3) is 4.84. The van der Waals surface area contributed by atoms with Crippen LogP contribution in [0.4, 0.5) is 16.2 Å². The number of rotatable bonds is 9. The minimum absolute atomic E-state index is 0.110. The van der Waals surface area contributed by atoms with Crippen molar-refractivity contribution in [2.75, 3.05) is 23.8 Å². The predicted molar refractivity (Wildman–Crippen MR) is 130 cm³/mol. The van der Waals surface area contributed by atoms with Crippen LogP contribution < -0.4 is 10.6 Å². The van der Waals surface area contributed by atoms with Crippen LogP contribution in [0.3, 0.4) is 0 Å². The molecule has 8 nitrogen and oxygen atoms in total. The minimum Gasteiger partial charge on any atom is -0.396 e. The molecule has 0 aliphatic heterocycles. The topological polar surface area (TPSA) is 101 Å². The molecular formula is C25H28FN7O. The van der Waals surface area contributed by atoms with E-state index in [1.807, 2.05) is 24.5 Å². The molecule has 1 saturated carbocycles. The molecule has 5 rings (SSSR count). The number of hydrogen-bond acceptors (Lipinski definition) is 7. The Kier molecular flexibility index (Phi) is 6.62. The van der Waals surface area contributed by atoms with Crippen molar-refractivity contribution in [3.05, 3.63) is 60.3 Å². The smallest absolute Gasteiger partial charge is 0.226 e. The van der Waals surface area contributed by atoms with Gasteiger partial charge in [-0.15, -0.1) is 0 Å². The standard InChI is InChI=1S/C25H28FN7O/c26-19-6-3-5-18(13-19)21-10-9-17(14-28-21)15-29-23-22-24(32-25(31-23)27-11-4-12-34)33(16-30-22)20-7-1-2-8-20/h3,5-6,9-10,13-14,16,20,34H,1-2,4,7-8,11-12,15H2,(H2,27,29,31,32). The summed E-state index contributed by atoms with van der Waals surface area (Å²) in [6, 6.07) is 10.7. The molecule has 3 heterocycles. The molecular weight excluding hydrogens is 433 g/mol. The third-order valence-corrected chi connectivity index (χ3v) is 6.16. The molecule has 3 N–H and O–H groups in total. The van der Waals surface area contributed by atoms with Crippen LogP contribution >= 0.6 is 0 Å². The summed E-state index contributed by atoms with van der Waals surface area (Å²) >= 11 is 0. The van der Waals surface area contributed by atoms with E-state index >= 15 is 0 Å². The number of benzene rings is 1. The van der Waals surface area contributed by atoms with Gasteiger partial charge in [0.2, 0.25) is 5.95 Å². The summed E-state index contributed by atoms with van der Waals surface area (Å²) in [7, 11) is 0. The van der Waals surface area contributed by atoms with Gasteiger partial charge in [0, 0.05) is 37.5 Å². The number of anilines is 2. The molecule has 34 heavy (non-hydrogen) atoms. The maximum Gasteiger partial charge on any atom is 0.226 e. The molecule has 1 aliphatic carbocycles. The van der Waals surface area contributed by atoms with Gasteiger partial charge in [-0.1, -0.05) is 31.0 Å². The monoisotopic (exact) mass is 461 g/mol. The van der Waals surface area contributed by atoms with Gasteiger partial charge in [0.1, 0.15) is 5.82 Å². The quantitative estimate of drug-likeness (QED) is 0.314. The third-order valence-electron chi connectivity index (χ3n) is 6.16. The van der Waals surface area contributed by atoms with Gasteiger partial charge in [0.25, 0.3) is 0 Å². The Morgan fingerprint density at radius 3 is 2.71 bits per heavy atom. The van der Waals surface area contributed by atoms with E-state index in [1.54, 1.807) is 12.3 Å². The van der Waals surface area contributed by atoms with Crippen molar-refractivity contribution in [1.29, 1.82) is 0 Å². The second-order valence-electron chi connectivity index (χ2n) is 8.58. The summed E-state index contributed by atoms with van der Waals surface area (Å²) < 4.78 is 15.7. The van der Waals surface area contributed by atoms with Crippen LogP contribution in [0.2, 0.25) is 0 Å². The highest BCUT2D eigenvalue weighted by Crippen LogP contribution is 2.33. The zero-order chi connectivity index (χ0) is 23.3. The first-order chi connectivity index (χ1) is 16.7. The number of fused-ring (bicyclic) bond motifs is 1. The number of nitrogens with one attached hydrogen (secondary N) is 2. The molecule has 0 unspecified atom stereocenters. The fourth-order valence-corrected chi connectivity index (χ4v) is 4.38. The molecule has 0 saturated heterocycles. The fourth-order valence-electron chi connectivity index (χ4n) is 4.38. The molecule has 0 bridgehead atoms. The van der Waals surface area contributed by atoms with Gasteiger partial charge < -0.3 is 20.3 Å². The molecule has 0 atom stereocenters. The van der Waals surface area contributed by atoms with Gasteiger partial charge in [0.15, 0.2) is 17.0 Å². The van der Waals surface area contributed by atoms with Crippen LogP contribution in [-0.4, -0.2) is 42.8 Å². The van der Waals surface area contributed by atoms with Gasteiger partial charge in [-0.25, -0.2) is 9.37 Å². The van der Waals surface area contributed by atoms with Crippen LogP contribution in [0.1, 0.15) is 43.7 Å². The Morgan fingerprint density at radius 1 is 1.06 bits per heavy atom. The Bertz CT molecular complexity index is 1250. The van der Waals surface area contributed by atoms with Crippen LogP contribution in [0.25, 0.3) is 22.4 Å². The second-order valence-corrected chi connectivity index (χ2v) is 8.58. The Labute approximate surface area is 197 Å². The Balaban J connectivity index is 1.37. The van der Waals surface area contributed by atoms with Gasteiger partial charge >= 0.3 is 0 Å². The molecule has 4 aromatic rings. The minimum atomic E-state index is -0.279. The number of aliphatic hydroxyl groups excluding tert-OH is 1. The summed E-state index contributed by atoms with van der Waals surface area (Å²) in [4.78, 5) is 18.5. The first-order valence-corrected chi connectivity index (χ1v) is 11.8. The summed E-state index contributed by atoms with van der Waals surface area (Å²) in [6.07, 6.45) is 8.98. The van der Waals surface area contributed by atoms with Gasteiger partial charge in [-0.3, -0.25) is 4.98 Å². The molecule has 1 fully saturated rings. The zero-order valence-electron chi connectivity index (χ0n) is 18.9. The maximum atomic E-state index is 13.5. The second kappa shape index (κ2) is 10.1. The average Bonchev–Trinajstić information content (AvgIpc) is 3.53. The predicted octanol–water partition coefficient (Wildman–Crippen LogP) is 4.55. The van der Waals surface area contributed by atoms with Crippen LogP contribution in [-0.2, 0) is 6.54 Å². The van der Waals surface area contributed by atoms with Crippen molar-refractivity contribution in [2.24, 2.45) is 0 Å². The van der Waals surface area contributed by atoms with Crippen molar-refractivity contribution in [3.63, 3.8) is 0 Å². The van der Waals surface area contributed by atoms with E-state index in [-0.39, 0.29) is 12.4 Å². The van der Waals surface area contributed by atoms with Crippen molar-refractivity contribution < 1.29 is 9.50 Å². The summed E-state index contributed by atoms with van der Waals surface area (Å²) in [5, 5.41) is 15.7. The number of halogens is 1. The SMILES string of the molecule is OCCCNc1nc(NCc2ccc(-c3cccc(F)c3)nc2)c2ncn(C3CCCC3)c2n1.